The maximum absolute atomic E-state index is 13.2. The number of ketones is 1. The minimum Gasteiger partial charge on any atom is -0.462 e. The Morgan fingerprint density at radius 3 is 2.11 bits per heavy atom. The minimum absolute atomic E-state index is 0.112. The molecule has 0 heterocycles. The summed E-state index contributed by atoms with van der Waals surface area (Å²) in [5.41, 5.74) is 2.56. The van der Waals surface area contributed by atoms with Crippen LogP contribution in [0.25, 0.3) is 11.1 Å². The zero-order chi connectivity index (χ0) is 26.4. The molecular formula is C32H38O5. The van der Waals surface area contributed by atoms with Crippen LogP contribution in [0.1, 0.15) is 63.2 Å². The van der Waals surface area contributed by atoms with Crippen LogP contribution >= 0.6 is 0 Å². The van der Waals surface area contributed by atoms with Gasteiger partial charge in [-0.05, 0) is 54.6 Å². The van der Waals surface area contributed by atoms with Crippen molar-refractivity contribution >= 4 is 17.7 Å². The lowest BCUT2D eigenvalue weighted by Gasteiger charge is -2.38. The first-order valence-corrected chi connectivity index (χ1v) is 13.5. The Labute approximate surface area is 220 Å². The number of esters is 2. The minimum atomic E-state index is -0.635. The quantitative estimate of drug-likeness (QED) is 0.229. The van der Waals surface area contributed by atoms with Crippen molar-refractivity contribution in [1.29, 1.82) is 0 Å². The van der Waals surface area contributed by atoms with Crippen LogP contribution in [0, 0.1) is 29.6 Å². The Kier molecular flexibility index (Phi) is 8.96. The van der Waals surface area contributed by atoms with E-state index in [1.54, 1.807) is 12.1 Å². The van der Waals surface area contributed by atoms with E-state index in [0.717, 1.165) is 30.4 Å². The van der Waals surface area contributed by atoms with Crippen LogP contribution in [0.15, 0.2) is 66.7 Å². The van der Waals surface area contributed by atoms with Crippen molar-refractivity contribution in [3.8, 4) is 11.1 Å². The van der Waals surface area contributed by atoms with Crippen LogP contribution in [0.5, 0.6) is 0 Å². The molecule has 0 amide bonds. The van der Waals surface area contributed by atoms with Gasteiger partial charge in [0.2, 0.25) is 0 Å². The molecule has 0 radical (unpaired) electrons. The highest BCUT2D eigenvalue weighted by Gasteiger charge is 2.40. The van der Waals surface area contributed by atoms with Crippen LogP contribution in [-0.4, -0.2) is 30.4 Å². The highest BCUT2D eigenvalue weighted by atomic mass is 16.5. The van der Waals surface area contributed by atoms with Crippen LogP contribution in [0.2, 0.25) is 0 Å². The van der Waals surface area contributed by atoms with Crippen LogP contribution < -0.4 is 0 Å². The molecule has 5 heteroatoms. The summed E-state index contributed by atoms with van der Waals surface area (Å²) in [5.74, 6) is -1.02. The topological polar surface area (TPSA) is 69.7 Å². The number of hydrogen-bond donors (Lipinski definition) is 0. The maximum atomic E-state index is 13.2. The number of benzene rings is 2. The summed E-state index contributed by atoms with van der Waals surface area (Å²) in [7, 11) is 0. The van der Waals surface area contributed by atoms with E-state index in [1.165, 1.54) is 0 Å². The van der Waals surface area contributed by atoms with Gasteiger partial charge in [0.05, 0.1) is 11.8 Å². The van der Waals surface area contributed by atoms with Gasteiger partial charge < -0.3 is 9.47 Å². The number of hydrogen-bond acceptors (Lipinski definition) is 5. The fraction of sp³-hybridized carbons (Fsp3) is 0.469. The third-order valence-corrected chi connectivity index (χ3v) is 7.93. The molecule has 5 nitrogen and oxygen atoms in total. The molecule has 0 unspecified atom stereocenters. The van der Waals surface area contributed by atoms with Crippen molar-refractivity contribution in [3.05, 3.63) is 72.3 Å². The van der Waals surface area contributed by atoms with Gasteiger partial charge in [-0.3, -0.25) is 14.4 Å². The molecule has 0 bridgehead atoms. The summed E-state index contributed by atoms with van der Waals surface area (Å²) in [6.45, 7) is 6.21. The standard InChI is InChI=1S/C32H38O5/c1-21(2)26-18-13-22(3)19-30(26)37-32(35)28-12-8-7-11-27(28)31(34)36-20-29(33)25-16-14-24(15-17-25)23-9-5-4-6-10-23/h4-10,14-17,21-22,26-28,30H,11-13,18-20H2,1-3H3/t22-,26-,27+,28-,30-/m1/s1. The fourth-order valence-corrected chi connectivity index (χ4v) is 5.63. The molecule has 2 aliphatic rings. The molecule has 37 heavy (non-hydrogen) atoms. The Bertz CT molecular complexity index is 1100. The lowest BCUT2D eigenvalue weighted by molar-refractivity contribution is -0.168. The Morgan fingerprint density at radius 2 is 1.46 bits per heavy atom. The first kappa shape index (κ1) is 26.8. The van der Waals surface area contributed by atoms with E-state index in [0.29, 0.717) is 36.2 Å². The van der Waals surface area contributed by atoms with E-state index in [4.69, 9.17) is 9.47 Å². The van der Waals surface area contributed by atoms with E-state index in [1.807, 2.05) is 54.6 Å². The molecule has 2 aromatic carbocycles. The molecule has 1 fully saturated rings. The zero-order valence-corrected chi connectivity index (χ0v) is 22.1. The molecular weight excluding hydrogens is 464 g/mol. The predicted molar refractivity (Wildman–Crippen MR) is 144 cm³/mol. The lowest BCUT2D eigenvalue weighted by Crippen LogP contribution is -2.40. The first-order valence-electron chi connectivity index (χ1n) is 13.5. The van der Waals surface area contributed by atoms with Crippen molar-refractivity contribution in [2.75, 3.05) is 6.61 Å². The summed E-state index contributed by atoms with van der Waals surface area (Å²) >= 11 is 0. The molecule has 0 aromatic heterocycles. The fourth-order valence-electron chi connectivity index (χ4n) is 5.63. The van der Waals surface area contributed by atoms with Gasteiger partial charge in [0.1, 0.15) is 6.10 Å². The van der Waals surface area contributed by atoms with Gasteiger partial charge in [-0.2, -0.15) is 0 Å². The Balaban J connectivity index is 1.35. The van der Waals surface area contributed by atoms with Gasteiger partial charge in [0.15, 0.2) is 12.4 Å². The van der Waals surface area contributed by atoms with Crippen molar-refractivity contribution < 1.29 is 23.9 Å². The molecule has 0 spiro atoms. The molecule has 4 rings (SSSR count). The van der Waals surface area contributed by atoms with Crippen molar-refractivity contribution in [1.82, 2.24) is 0 Å². The van der Waals surface area contributed by atoms with E-state index in [2.05, 4.69) is 20.8 Å². The van der Waals surface area contributed by atoms with Crippen LogP contribution in [0.3, 0.4) is 0 Å². The average molecular weight is 503 g/mol. The number of allylic oxidation sites excluding steroid dienone is 2. The van der Waals surface area contributed by atoms with Crippen LogP contribution in [0.4, 0.5) is 0 Å². The SMILES string of the molecule is CC(C)[C@H]1CC[C@@H](C)C[C@H]1OC(=O)[C@@H]1CC=CC[C@@H]1C(=O)OCC(=O)c1ccc(-c2ccccc2)cc1. The molecule has 0 aliphatic heterocycles. The smallest absolute Gasteiger partial charge is 0.310 e. The van der Waals surface area contributed by atoms with Gasteiger partial charge in [-0.25, -0.2) is 0 Å². The summed E-state index contributed by atoms with van der Waals surface area (Å²) < 4.78 is 11.5. The summed E-state index contributed by atoms with van der Waals surface area (Å²) in [6, 6.07) is 17.2. The zero-order valence-electron chi connectivity index (χ0n) is 22.1. The Hall–Kier alpha value is -3.21. The van der Waals surface area contributed by atoms with E-state index < -0.39 is 17.8 Å². The monoisotopic (exact) mass is 502 g/mol. The second-order valence-electron chi connectivity index (χ2n) is 10.9. The normalized spacial score (nSPS) is 25.5. The second-order valence-corrected chi connectivity index (χ2v) is 10.9. The molecule has 2 aliphatic carbocycles. The van der Waals surface area contributed by atoms with Gasteiger partial charge in [0, 0.05) is 5.56 Å². The Morgan fingerprint density at radius 1 is 0.838 bits per heavy atom. The number of Topliss-reactive ketones (excluding diaryl/α,β-unsaturated/α-hetero) is 1. The third-order valence-electron chi connectivity index (χ3n) is 7.93. The molecule has 0 N–H and O–H groups in total. The van der Waals surface area contributed by atoms with Gasteiger partial charge >= 0.3 is 11.9 Å². The first-order chi connectivity index (χ1) is 17.8. The van der Waals surface area contributed by atoms with E-state index in [-0.39, 0.29) is 24.5 Å². The molecule has 196 valence electrons. The second kappa shape index (κ2) is 12.4. The van der Waals surface area contributed by atoms with E-state index in [9.17, 15) is 14.4 Å². The highest BCUT2D eigenvalue weighted by molar-refractivity contribution is 5.98. The maximum Gasteiger partial charge on any atom is 0.310 e. The average Bonchev–Trinajstić information content (AvgIpc) is 2.92. The van der Waals surface area contributed by atoms with Crippen LogP contribution in [-0.2, 0) is 19.1 Å². The number of rotatable bonds is 8. The number of carbonyl (C=O) groups is 3. The van der Waals surface area contributed by atoms with E-state index >= 15 is 0 Å². The molecule has 2 aromatic rings. The predicted octanol–water partition coefficient (Wildman–Crippen LogP) is 6.67. The summed E-state index contributed by atoms with van der Waals surface area (Å²) in [5, 5.41) is 0. The van der Waals surface area contributed by atoms with Gasteiger partial charge in [-0.1, -0.05) is 93.9 Å². The largest absolute Gasteiger partial charge is 0.462 e. The summed E-state index contributed by atoms with van der Waals surface area (Å²) in [6.07, 6.45) is 7.65. The lowest BCUT2D eigenvalue weighted by atomic mass is 9.75. The molecule has 0 saturated heterocycles. The molecule has 1 saturated carbocycles. The van der Waals surface area contributed by atoms with Gasteiger partial charge in [0.25, 0.3) is 0 Å². The van der Waals surface area contributed by atoms with Crippen molar-refractivity contribution in [2.24, 2.45) is 29.6 Å². The highest BCUT2D eigenvalue weighted by Crippen LogP contribution is 2.37. The number of carbonyl (C=O) groups excluding carboxylic acids is 3. The summed E-state index contributed by atoms with van der Waals surface area (Å²) in [4.78, 5) is 38.9. The molecule has 5 atom stereocenters. The van der Waals surface area contributed by atoms with Gasteiger partial charge in [-0.15, -0.1) is 0 Å². The van der Waals surface area contributed by atoms with Crippen molar-refractivity contribution in [3.63, 3.8) is 0 Å². The van der Waals surface area contributed by atoms with Crippen molar-refractivity contribution in [2.45, 2.75) is 59.0 Å². The number of ether oxygens (including phenoxy) is 2. The third kappa shape index (κ3) is 6.76.